The fourth-order valence-electron chi connectivity index (χ4n) is 3.57. The van der Waals surface area contributed by atoms with Crippen LogP contribution in [-0.4, -0.2) is 42.5 Å². The van der Waals surface area contributed by atoms with Crippen LogP contribution in [0.2, 0.25) is 0 Å². The second kappa shape index (κ2) is 11.5. The molecule has 0 amide bonds. The first-order chi connectivity index (χ1) is 15.6. The molecule has 3 aromatic rings. The van der Waals surface area contributed by atoms with E-state index in [-0.39, 0.29) is 0 Å². The summed E-state index contributed by atoms with van der Waals surface area (Å²) in [6.45, 7) is 8.54. The molecule has 32 heavy (non-hydrogen) atoms. The van der Waals surface area contributed by atoms with Crippen LogP contribution in [0, 0.1) is 0 Å². The van der Waals surface area contributed by atoms with Crippen LogP contribution in [-0.2, 0) is 25.7 Å². The maximum Gasteiger partial charge on any atom is 0.200 e. The zero-order valence-corrected chi connectivity index (χ0v) is 19.9. The second-order valence-electron chi connectivity index (χ2n) is 7.84. The minimum absolute atomic E-state index is 0.484. The van der Waals surface area contributed by atoms with Crippen LogP contribution in [0.25, 0.3) is 23.0 Å². The number of pyridine rings is 1. The highest BCUT2D eigenvalue weighted by Gasteiger charge is 2.16. The Morgan fingerprint density at radius 2 is 0.969 bits per heavy atom. The number of rotatable bonds is 11. The number of ether oxygens (including phenoxy) is 1. The molecule has 0 atom stereocenters. The molecule has 0 saturated carbocycles. The summed E-state index contributed by atoms with van der Waals surface area (Å²) in [6.07, 6.45) is 7.47. The Balaban J connectivity index is 2.06. The van der Waals surface area contributed by atoms with Gasteiger partial charge in [0.05, 0.1) is 29.9 Å². The monoisotopic (exact) mass is 435 g/mol. The van der Waals surface area contributed by atoms with Crippen LogP contribution in [0.5, 0.6) is 5.75 Å². The Labute approximate surface area is 190 Å². The van der Waals surface area contributed by atoms with Gasteiger partial charge in [0, 0.05) is 12.1 Å². The van der Waals surface area contributed by atoms with Crippen molar-refractivity contribution < 1.29 is 4.74 Å². The molecular formula is C24H33N7O. The first kappa shape index (κ1) is 23.6. The molecule has 0 fully saturated rings. The lowest BCUT2D eigenvalue weighted by Gasteiger charge is -2.11. The van der Waals surface area contributed by atoms with Crippen LogP contribution in [0.4, 0.5) is 0 Å². The van der Waals surface area contributed by atoms with Gasteiger partial charge < -0.3 is 4.74 Å². The Hall–Kier alpha value is -3.03. The minimum atomic E-state index is 0.484. The van der Waals surface area contributed by atoms with E-state index < -0.39 is 0 Å². The number of aromatic nitrogens is 7. The average Bonchev–Trinajstić information content (AvgIpc) is 2.81. The van der Waals surface area contributed by atoms with Crippen LogP contribution in [0.1, 0.15) is 76.2 Å². The quantitative estimate of drug-likeness (QED) is 0.431. The molecule has 0 N–H and O–H groups in total. The van der Waals surface area contributed by atoms with Crippen LogP contribution in [0.3, 0.4) is 0 Å². The van der Waals surface area contributed by atoms with Gasteiger partial charge in [-0.3, -0.25) is 0 Å². The van der Waals surface area contributed by atoms with E-state index in [2.05, 4.69) is 48.1 Å². The zero-order chi connectivity index (χ0) is 22.9. The molecule has 3 heterocycles. The zero-order valence-electron chi connectivity index (χ0n) is 19.9. The Bertz CT molecular complexity index is 961. The van der Waals surface area contributed by atoms with Crippen molar-refractivity contribution in [3.8, 4) is 28.8 Å². The van der Waals surface area contributed by atoms with Crippen molar-refractivity contribution in [1.82, 2.24) is 35.3 Å². The molecule has 0 aromatic carbocycles. The molecule has 170 valence electrons. The van der Waals surface area contributed by atoms with E-state index in [0.717, 1.165) is 74.1 Å². The molecule has 0 spiro atoms. The smallest absolute Gasteiger partial charge is 0.200 e. The summed E-state index contributed by atoms with van der Waals surface area (Å²) < 4.78 is 5.53. The Morgan fingerprint density at radius 1 is 0.562 bits per heavy atom. The van der Waals surface area contributed by atoms with Gasteiger partial charge in [-0.15, -0.1) is 10.2 Å². The number of aryl methyl sites for hydroxylation is 4. The molecule has 8 heteroatoms. The van der Waals surface area contributed by atoms with Crippen LogP contribution >= 0.6 is 0 Å². The summed E-state index contributed by atoms with van der Waals surface area (Å²) in [7, 11) is 1.63. The standard InChI is InChI=1S/C24H33N7O/c1-6-10-17-19(12-8-3)28-30-23(26-17)21-14-16(32-5)15-22(25-21)24-27-18(11-7-2)20(13-9-4)29-31-24/h14-15H,6-13H2,1-5H3. The van der Waals surface area contributed by atoms with Gasteiger partial charge in [-0.2, -0.15) is 10.2 Å². The predicted molar refractivity (Wildman–Crippen MR) is 124 cm³/mol. The largest absolute Gasteiger partial charge is 0.497 e. The highest BCUT2D eigenvalue weighted by atomic mass is 16.5. The number of nitrogens with zero attached hydrogens (tertiary/aromatic N) is 7. The van der Waals surface area contributed by atoms with E-state index in [1.807, 2.05) is 12.1 Å². The van der Waals surface area contributed by atoms with Crippen molar-refractivity contribution >= 4 is 0 Å². The highest BCUT2D eigenvalue weighted by molar-refractivity contribution is 5.61. The third-order valence-corrected chi connectivity index (χ3v) is 5.12. The van der Waals surface area contributed by atoms with Gasteiger partial charge in [-0.05, 0) is 25.7 Å². The summed E-state index contributed by atoms with van der Waals surface area (Å²) in [5.74, 6) is 1.61. The van der Waals surface area contributed by atoms with E-state index in [4.69, 9.17) is 19.7 Å². The van der Waals surface area contributed by atoms with Crippen molar-refractivity contribution in [2.24, 2.45) is 0 Å². The molecule has 3 aromatic heterocycles. The van der Waals surface area contributed by atoms with Gasteiger partial charge in [0.1, 0.15) is 17.1 Å². The first-order valence-electron chi connectivity index (χ1n) is 11.6. The van der Waals surface area contributed by atoms with Gasteiger partial charge >= 0.3 is 0 Å². The normalized spacial score (nSPS) is 11.0. The van der Waals surface area contributed by atoms with Gasteiger partial charge in [0.25, 0.3) is 0 Å². The van der Waals surface area contributed by atoms with Gasteiger partial charge in [0.2, 0.25) is 11.6 Å². The van der Waals surface area contributed by atoms with Crippen LogP contribution < -0.4 is 4.74 Å². The molecule has 3 rings (SSSR count). The Morgan fingerprint density at radius 3 is 1.34 bits per heavy atom. The Kier molecular flexibility index (Phi) is 8.53. The summed E-state index contributed by atoms with van der Waals surface area (Å²) in [6, 6.07) is 3.64. The van der Waals surface area contributed by atoms with E-state index in [0.29, 0.717) is 28.8 Å². The topological polar surface area (TPSA) is 99.5 Å². The number of methoxy groups -OCH3 is 1. The third kappa shape index (κ3) is 5.60. The molecule has 0 unspecified atom stereocenters. The van der Waals surface area contributed by atoms with E-state index in [9.17, 15) is 0 Å². The van der Waals surface area contributed by atoms with Gasteiger partial charge in [-0.25, -0.2) is 15.0 Å². The van der Waals surface area contributed by atoms with E-state index >= 15 is 0 Å². The van der Waals surface area contributed by atoms with Gasteiger partial charge in [0.15, 0.2) is 0 Å². The summed E-state index contributed by atoms with van der Waals surface area (Å²) in [5.41, 5.74) is 5.07. The maximum absolute atomic E-state index is 5.53. The molecule has 0 radical (unpaired) electrons. The van der Waals surface area contributed by atoms with E-state index in [1.165, 1.54) is 0 Å². The van der Waals surface area contributed by atoms with Gasteiger partial charge in [-0.1, -0.05) is 53.4 Å². The highest BCUT2D eigenvalue weighted by Crippen LogP contribution is 2.26. The number of hydrogen-bond acceptors (Lipinski definition) is 8. The fourth-order valence-corrected chi connectivity index (χ4v) is 3.57. The maximum atomic E-state index is 5.53. The molecule has 0 aliphatic rings. The van der Waals surface area contributed by atoms with Crippen LogP contribution in [0.15, 0.2) is 12.1 Å². The predicted octanol–water partition coefficient (Wildman–Crippen LogP) is 4.60. The molecule has 0 aliphatic heterocycles. The van der Waals surface area contributed by atoms with Crippen molar-refractivity contribution in [3.63, 3.8) is 0 Å². The number of hydrogen-bond donors (Lipinski definition) is 0. The fraction of sp³-hybridized carbons (Fsp3) is 0.542. The summed E-state index contributed by atoms with van der Waals surface area (Å²) in [5, 5.41) is 17.7. The second-order valence-corrected chi connectivity index (χ2v) is 7.84. The van der Waals surface area contributed by atoms with Crippen molar-refractivity contribution in [2.45, 2.75) is 79.1 Å². The third-order valence-electron chi connectivity index (χ3n) is 5.12. The lowest BCUT2D eigenvalue weighted by Crippen LogP contribution is -2.08. The average molecular weight is 436 g/mol. The molecular weight excluding hydrogens is 402 g/mol. The van der Waals surface area contributed by atoms with E-state index in [1.54, 1.807) is 7.11 Å². The van der Waals surface area contributed by atoms with Crippen molar-refractivity contribution in [1.29, 1.82) is 0 Å². The first-order valence-corrected chi connectivity index (χ1v) is 11.6. The summed E-state index contributed by atoms with van der Waals surface area (Å²) >= 11 is 0. The summed E-state index contributed by atoms with van der Waals surface area (Å²) in [4.78, 5) is 14.4. The molecule has 0 bridgehead atoms. The molecule has 8 nitrogen and oxygen atoms in total. The molecule has 0 saturated heterocycles. The van der Waals surface area contributed by atoms with Crippen molar-refractivity contribution in [3.05, 3.63) is 34.9 Å². The lowest BCUT2D eigenvalue weighted by molar-refractivity contribution is 0.414. The lowest BCUT2D eigenvalue weighted by atomic mass is 10.1. The SMILES string of the molecule is CCCc1nnc(-c2cc(OC)cc(-c3nnc(CCC)c(CCC)n3)n2)nc1CCC. The minimum Gasteiger partial charge on any atom is -0.497 e. The van der Waals surface area contributed by atoms with Crippen molar-refractivity contribution in [2.75, 3.05) is 7.11 Å². The molecule has 0 aliphatic carbocycles.